The third kappa shape index (κ3) is 36.2. The number of hydrogen-bond donors (Lipinski definition) is 17. The van der Waals surface area contributed by atoms with Crippen molar-refractivity contribution in [1.29, 1.82) is 0 Å². The van der Waals surface area contributed by atoms with E-state index < -0.39 is 115 Å². The quantitative estimate of drug-likeness (QED) is 0.0808. The maximum atomic E-state index is 14.0. The van der Waals surface area contributed by atoms with Gasteiger partial charge in [0.2, 0.25) is 29.5 Å². The van der Waals surface area contributed by atoms with Crippen LogP contribution in [0.4, 0.5) is 65.9 Å². The maximum absolute atomic E-state index is 14.0. The topological polar surface area (TPSA) is 503 Å². The van der Waals surface area contributed by atoms with E-state index in [2.05, 4.69) is 26.6 Å². The number of aliphatic carboxylic acids is 5. The number of carbonyl (C=O) groups is 10. The van der Waals surface area contributed by atoms with Crippen molar-refractivity contribution in [2.75, 3.05) is 32.7 Å². The normalized spacial score (nSPS) is 15.8. The van der Waals surface area contributed by atoms with E-state index in [1.807, 2.05) is 0 Å². The minimum atomic E-state index is -5.08. The van der Waals surface area contributed by atoms with Crippen molar-refractivity contribution in [2.45, 2.75) is 112 Å². The molecule has 0 saturated carbocycles. The molecule has 0 spiro atoms. The molecule has 0 unspecified atom stereocenters. The fourth-order valence-corrected chi connectivity index (χ4v) is 5.74. The summed E-state index contributed by atoms with van der Waals surface area (Å²) in [6.07, 6.45) is -23.9. The molecule has 22 N–H and O–H groups in total. The predicted octanol–water partition coefficient (Wildman–Crippen LogP) is 0.588. The third-order valence-electron chi connectivity index (χ3n) is 9.97. The largest absolute Gasteiger partial charge is 0.508 e. The van der Waals surface area contributed by atoms with Gasteiger partial charge < -0.3 is 91.0 Å². The Labute approximate surface area is 479 Å². The third-order valence-corrected chi connectivity index (χ3v) is 9.97. The number of nitrogens with one attached hydrogen (secondary N) is 5. The van der Waals surface area contributed by atoms with Gasteiger partial charge in [0.1, 0.15) is 29.6 Å². The molecule has 1 aliphatic rings. The van der Waals surface area contributed by atoms with Crippen molar-refractivity contribution in [3.05, 3.63) is 47.5 Å². The Kier molecular flexibility index (Phi) is 36.6. The Morgan fingerprint density at radius 1 is 0.529 bits per heavy atom. The van der Waals surface area contributed by atoms with E-state index in [-0.39, 0.29) is 69.3 Å². The highest BCUT2D eigenvalue weighted by Gasteiger charge is 2.41. The first-order valence-electron chi connectivity index (χ1n) is 23.8. The molecule has 496 valence electrons. The molecule has 0 aliphatic carbocycles. The first-order chi connectivity index (χ1) is 39.6. The Morgan fingerprint density at radius 2 is 0.908 bits per heavy atom. The summed E-state index contributed by atoms with van der Waals surface area (Å²) < 4.78 is 159. The molecular formula is C45H59F15N10O17. The molecule has 0 aromatic heterocycles. The van der Waals surface area contributed by atoms with Crippen LogP contribution in [0.1, 0.15) is 49.7 Å². The highest BCUT2D eigenvalue weighted by molar-refractivity contribution is 5.95. The molecule has 4 bridgehead atoms. The molecule has 2 aromatic rings. The number of halogens is 15. The van der Waals surface area contributed by atoms with Crippen molar-refractivity contribution in [3.63, 3.8) is 0 Å². The fourth-order valence-electron chi connectivity index (χ4n) is 5.74. The van der Waals surface area contributed by atoms with Crippen LogP contribution in [0, 0.1) is 0 Å². The number of rotatable bonds is 16. The molecule has 87 heavy (non-hydrogen) atoms. The first-order valence-corrected chi connectivity index (χ1v) is 23.8. The molecule has 3 rings (SSSR count). The summed E-state index contributed by atoms with van der Waals surface area (Å²) in [6.45, 7) is 1.23. The van der Waals surface area contributed by atoms with Crippen LogP contribution < -0.4 is 55.3 Å². The second-order valence-electron chi connectivity index (χ2n) is 16.9. The van der Waals surface area contributed by atoms with Gasteiger partial charge in [-0.3, -0.25) is 24.0 Å². The molecule has 0 radical (unpaired) electrons. The standard InChI is InChI=1S/C35H54N10O7.5C2HF3O2/c36-11-1-5-26(33(50)41-14-3-4-24(39)31(48)42-15-13-38)44-35(52)28-19-23-17-21(8-10-30(23)47)20-7-9-29(46)22(16-20)18-25(40)32(49)43-27(6-2-12-37)34(51)45-28;5*3-2(4,5)1(6)7/h7-10,16-17,24-28,46-47H,1-6,11-15,18-19,36-40H2,(H,41,50)(H,42,48)(H,43,49)(H,44,52)(H,45,51);5*(H,6,7)/t24-,25-,26-,27-,28-;;;;;/m0...../s1. The van der Waals surface area contributed by atoms with Crippen molar-refractivity contribution in [1.82, 2.24) is 26.6 Å². The van der Waals surface area contributed by atoms with E-state index in [4.69, 9.17) is 78.2 Å². The molecule has 5 atom stereocenters. The Bertz CT molecular complexity index is 2450. The van der Waals surface area contributed by atoms with E-state index in [1.54, 1.807) is 24.3 Å². The van der Waals surface area contributed by atoms with Crippen molar-refractivity contribution < 1.29 is 150 Å². The number of benzene rings is 2. The summed E-state index contributed by atoms with van der Waals surface area (Å²) >= 11 is 0. The van der Waals surface area contributed by atoms with Crippen LogP contribution in [-0.4, -0.2) is 189 Å². The van der Waals surface area contributed by atoms with Crippen LogP contribution in [0.3, 0.4) is 0 Å². The zero-order chi connectivity index (χ0) is 68.6. The summed E-state index contributed by atoms with van der Waals surface area (Å²) in [7, 11) is 0. The van der Waals surface area contributed by atoms with Crippen LogP contribution in [-0.2, 0) is 60.8 Å². The van der Waals surface area contributed by atoms with Gasteiger partial charge in [0.05, 0.1) is 12.1 Å². The highest BCUT2D eigenvalue weighted by Crippen LogP contribution is 2.31. The van der Waals surface area contributed by atoms with Gasteiger partial charge in [-0.2, -0.15) is 65.9 Å². The first kappa shape index (κ1) is 82.7. The Balaban J connectivity index is -0.00000161. The van der Waals surface area contributed by atoms with Gasteiger partial charge in [0, 0.05) is 32.5 Å². The van der Waals surface area contributed by atoms with Gasteiger partial charge in [-0.15, -0.1) is 0 Å². The summed E-state index contributed by atoms with van der Waals surface area (Å²) in [6, 6.07) is 4.23. The molecule has 42 heteroatoms. The van der Waals surface area contributed by atoms with Gasteiger partial charge in [0.15, 0.2) is 0 Å². The summed E-state index contributed by atoms with van der Waals surface area (Å²) in [5.74, 6) is -16.9. The number of hydrogen-bond acceptors (Lipinski definition) is 17. The number of amides is 5. The summed E-state index contributed by atoms with van der Waals surface area (Å²) in [5.41, 5.74) is 31.0. The van der Waals surface area contributed by atoms with Gasteiger partial charge in [-0.05, 0) is 98.1 Å². The molecule has 27 nitrogen and oxygen atoms in total. The van der Waals surface area contributed by atoms with Crippen molar-refractivity contribution in [3.8, 4) is 22.6 Å². The molecule has 1 heterocycles. The molecular weight excluding hydrogens is 1240 g/mol. The number of phenols is 2. The zero-order valence-electron chi connectivity index (χ0n) is 44.3. The van der Waals surface area contributed by atoms with E-state index in [0.29, 0.717) is 54.5 Å². The summed E-state index contributed by atoms with van der Waals surface area (Å²) in [5, 5.41) is 70.5. The Morgan fingerprint density at radius 3 is 1.28 bits per heavy atom. The minimum Gasteiger partial charge on any atom is -0.508 e. The number of alkyl halides is 15. The lowest BCUT2D eigenvalue weighted by atomic mass is 9.95. The van der Waals surface area contributed by atoms with Crippen LogP contribution >= 0.6 is 0 Å². The second-order valence-corrected chi connectivity index (χ2v) is 16.9. The number of carboxylic acids is 5. The van der Waals surface area contributed by atoms with E-state index >= 15 is 0 Å². The predicted molar refractivity (Wildman–Crippen MR) is 264 cm³/mol. The van der Waals surface area contributed by atoms with Crippen LogP contribution in [0.25, 0.3) is 11.1 Å². The number of carboxylic acid groups (broad SMARTS) is 5. The van der Waals surface area contributed by atoms with Gasteiger partial charge in [0.25, 0.3) is 0 Å². The molecule has 1 aliphatic heterocycles. The zero-order valence-corrected chi connectivity index (χ0v) is 44.3. The molecule has 0 fully saturated rings. The minimum absolute atomic E-state index is 0.0319. The van der Waals surface area contributed by atoms with E-state index in [0.717, 1.165) is 0 Å². The maximum Gasteiger partial charge on any atom is 0.490 e. The Hall–Kier alpha value is -8.51. The van der Waals surface area contributed by atoms with Crippen LogP contribution in [0.5, 0.6) is 11.5 Å². The lowest BCUT2D eigenvalue weighted by Crippen LogP contribution is -2.58. The van der Waals surface area contributed by atoms with Gasteiger partial charge in [-0.25, -0.2) is 24.0 Å². The van der Waals surface area contributed by atoms with Crippen LogP contribution in [0.2, 0.25) is 0 Å². The number of carbonyl (C=O) groups excluding carboxylic acids is 5. The van der Waals surface area contributed by atoms with Crippen LogP contribution in [0.15, 0.2) is 36.4 Å². The molecule has 0 saturated heterocycles. The van der Waals surface area contributed by atoms with Gasteiger partial charge >= 0.3 is 60.7 Å². The molecule has 2 aromatic carbocycles. The average molecular weight is 1300 g/mol. The lowest BCUT2D eigenvalue weighted by molar-refractivity contribution is -0.193. The lowest BCUT2D eigenvalue weighted by Gasteiger charge is -2.26. The number of fused-ring (bicyclic) bond motifs is 5. The van der Waals surface area contributed by atoms with Crippen molar-refractivity contribution >= 4 is 59.4 Å². The fraction of sp³-hybridized carbons (Fsp3) is 0.511. The van der Waals surface area contributed by atoms with Crippen molar-refractivity contribution in [2.24, 2.45) is 28.7 Å². The van der Waals surface area contributed by atoms with E-state index in [9.17, 15) is 100 Å². The number of nitrogens with two attached hydrogens (primary N) is 5. The number of aromatic hydroxyl groups is 2. The molecule has 5 amide bonds. The average Bonchev–Trinajstić information content (AvgIpc) is 3.67. The summed E-state index contributed by atoms with van der Waals surface area (Å²) in [4.78, 5) is 111. The SMILES string of the molecule is NCCC[C@H](NC(=O)[C@@H]1Cc2cc(ccc2O)-c2ccc(O)c(c2)C[C@H](N)C(=O)N[C@@H](CCCN)C(=O)N1)C(=O)NCCC[C@H](N)C(=O)NCCN.O=C(O)C(F)(F)F.O=C(O)C(F)(F)F.O=C(O)C(F)(F)F.O=C(O)C(F)(F)F.O=C(O)C(F)(F)F. The van der Waals surface area contributed by atoms with Gasteiger partial charge in [-0.1, -0.05) is 12.1 Å². The smallest absolute Gasteiger partial charge is 0.490 e. The second kappa shape index (κ2) is 38.5. The van der Waals surface area contributed by atoms with E-state index in [1.165, 1.54) is 12.1 Å². The number of phenolic OH excluding ortho intramolecular Hbond substituents is 2. The highest BCUT2D eigenvalue weighted by atomic mass is 19.4. The monoisotopic (exact) mass is 1300 g/mol.